The Hall–Kier alpha value is -2.20. The molecule has 1 atom stereocenters. The first kappa shape index (κ1) is 13.2. The van der Waals surface area contributed by atoms with Gasteiger partial charge in [0.05, 0.1) is 12.8 Å². The van der Waals surface area contributed by atoms with Crippen molar-refractivity contribution >= 4 is 5.97 Å². The standard InChI is InChI=1S/C15H15NO3/c1-18-14(17)11-19-15(12-7-3-2-4-8-12)13-9-5-6-10-16-13/h2-10,15H,11H2,1H3. The maximum Gasteiger partial charge on any atom is 0.331 e. The van der Waals surface area contributed by atoms with Gasteiger partial charge in [-0.05, 0) is 17.7 Å². The Morgan fingerprint density at radius 1 is 1.16 bits per heavy atom. The van der Waals surface area contributed by atoms with Crippen molar-refractivity contribution < 1.29 is 14.3 Å². The molecule has 1 unspecified atom stereocenters. The van der Waals surface area contributed by atoms with Crippen LogP contribution in [-0.4, -0.2) is 24.7 Å². The highest BCUT2D eigenvalue weighted by Gasteiger charge is 2.17. The summed E-state index contributed by atoms with van der Waals surface area (Å²) in [6, 6.07) is 15.3. The van der Waals surface area contributed by atoms with E-state index in [9.17, 15) is 4.79 Å². The second-order valence-electron chi connectivity index (χ2n) is 3.93. The second kappa shape index (κ2) is 6.66. The lowest BCUT2D eigenvalue weighted by Crippen LogP contribution is -2.15. The molecule has 0 aliphatic rings. The molecule has 4 heteroatoms. The van der Waals surface area contributed by atoms with Gasteiger partial charge in [0.2, 0.25) is 0 Å². The third-order valence-corrected chi connectivity index (χ3v) is 2.65. The number of rotatable bonds is 5. The first-order valence-corrected chi connectivity index (χ1v) is 5.95. The summed E-state index contributed by atoms with van der Waals surface area (Å²) in [4.78, 5) is 15.5. The number of esters is 1. The molecule has 0 saturated heterocycles. The first-order chi connectivity index (χ1) is 9.31. The number of hydrogen-bond donors (Lipinski definition) is 0. The summed E-state index contributed by atoms with van der Waals surface area (Å²) in [6.45, 7) is -0.105. The predicted molar refractivity (Wildman–Crippen MR) is 70.5 cm³/mol. The number of nitrogens with zero attached hydrogens (tertiary/aromatic N) is 1. The van der Waals surface area contributed by atoms with Gasteiger partial charge in [-0.3, -0.25) is 4.98 Å². The van der Waals surface area contributed by atoms with Gasteiger partial charge in [0, 0.05) is 6.20 Å². The summed E-state index contributed by atoms with van der Waals surface area (Å²) in [5.74, 6) is -0.406. The molecule has 19 heavy (non-hydrogen) atoms. The van der Waals surface area contributed by atoms with Crippen LogP contribution in [0, 0.1) is 0 Å². The van der Waals surface area contributed by atoms with Crippen molar-refractivity contribution in [2.45, 2.75) is 6.10 Å². The molecule has 0 saturated carbocycles. The lowest BCUT2D eigenvalue weighted by molar-refractivity contribution is -0.147. The monoisotopic (exact) mass is 257 g/mol. The molecule has 98 valence electrons. The van der Waals surface area contributed by atoms with E-state index < -0.39 is 5.97 Å². The molecule has 0 bridgehead atoms. The van der Waals surface area contributed by atoms with E-state index in [-0.39, 0.29) is 12.7 Å². The zero-order valence-electron chi connectivity index (χ0n) is 10.7. The SMILES string of the molecule is COC(=O)COC(c1ccccc1)c1ccccn1. The number of methoxy groups -OCH3 is 1. The third kappa shape index (κ3) is 3.63. The second-order valence-corrected chi connectivity index (χ2v) is 3.93. The van der Waals surface area contributed by atoms with Crippen LogP contribution in [-0.2, 0) is 14.3 Å². The predicted octanol–water partition coefficient (Wildman–Crippen LogP) is 2.36. The van der Waals surface area contributed by atoms with Crippen LogP contribution in [0.25, 0.3) is 0 Å². The van der Waals surface area contributed by atoms with Crippen LogP contribution in [0.15, 0.2) is 54.7 Å². The van der Waals surface area contributed by atoms with Gasteiger partial charge in [-0.25, -0.2) is 4.79 Å². The summed E-state index contributed by atoms with van der Waals surface area (Å²) in [5, 5.41) is 0. The highest BCUT2D eigenvalue weighted by atomic mass is 16.6. The number of benzene rings is 1. The smallest absolute Gasteiger partial charge is 0.331 e. The number of ether oxygens (including phenoxy) is 2. The summed E-state index contributed by atoms with van der Waals surface area (Å²) in [5.41, 5.74) is 1.71. The fraction of sp³-hybridized carbons (Fsp3) is 0.200. The van der Waals surface area contributed by atoms with E-state index in [1.165, 1.54) is 7.11 Å². The van der Waals surface area contributed by atoms with E-state index in [0.29, 0.717) is 0 Å². The largest absolute Gasteiger partial charge is 0.467 e. The van der Waals surface area contributed by atoms with Crippen molar-refractivity contribution in [2.24, 2.45) is 0 Å². The van der Waals surface area contributed by atoms with Gasteiger partial charge >= 0.3 is 5.97 Å². The molecule has 1 aromatic carbocycles. The molecule has 0 N–H and O–H groups in total. The Kier molecular flexibility index (Phi) is 4.64. The quantitative estimate of drug-likeness (QED) is 0.771. The van der Waals surface area contributed by atoms with Crippen molar-refractivity contribution in [3.8, 4) is 0 Å². The molecule has 2 aromatic rings. The molecule has 1 aromatic heterocycles. The van der Waals surface area contributed by atoms with Crippen LogP contribution < -0.4 is 0 Å². The van der Waals surface area contributed by atoms with Crippen molar-refractivity contribution in [1.29, 1.82) is 0 Å². The molecule has 2 rings (SSSR count). The molecule has 0 spiro atoms. The van der Waals surface area contributed by atoms with E-state index in [4.69, 9.17) is 4.74 Å². The first-order valence-electron chi connectivity index (χ1n) is 5.95. The molecule has 4 nitrogen and oxygen atoms in total. The van der Waals surface area contributed by atoms with Gasteiger partial charge in [0.1, 0.15) is 12.7 Å². The average Bonchev–Trinajstić information content (AvgIpc) is 2.49. The minimum absolute atomic E-state index is 0.105. The molecular formula is C15H15NO3. The molecule has 0 aliphatic carbocycles. The fourth-order valence-electron chi connectivity index (χ4n) is 1.72. The average molecular weight is 257 g/mol. The number of carbonyl (C=O) groups is 1. The molecule has 0 amide bonds. The van der Waals surface area contributed by atoms with Crippen LogP contribution in [0.3, 0.4) is 0 Å². The Labute approximate surface area is 112 Å². The lowest BCUT2D eigenvalue weighted by atomic mass is 10.1. The van der Waals surface area contributed by atoms with Gasteiger partial charge in [-0.1, -0.05) is 36.4 Å². The maximum absolute atomic E-state index is 11.2. The maximum atomic E-state index is 11.2. The molecule has 0 aliphatic heterocycles. The van der Waals surface area contributed by atoms with Crippen LogP contribution in [0.4, 0.5) is 0 Å². The minimum Gasteiger partial charge on any atom is -0.467 e. The van der Waals surface area contributed by atoms with Gasteiger partial charge < -0.3 is 9.47 Å². The Balaban J connectivity index is 2.21. The topological polar surface area (TPSA) is 48.4 Å². The van der Waals surface area contributed by atoms with Gasteiger partial charge in [0.15, 0.2) is 0 Å². The Morgan fingerprint density at radius 2 is 1.89 bits per heavy atom. The Bertz CT molecular complexity index is 474. The number of pyridine rings is 1. The number of hydrogen-bond acceptors (Lipinski definition) is 4. The number of aromatic nitrogens is 1. The van der Waals surface area contributed by atoms with Gasteiger partial charge in [0.25, 0.3) is 0 Å². The lowest BCUT2D eigenvalue weighted by Gasteiger charge is -2.17. The third-order valence-electron chi connectivity index (χ3n) is 2.65. The van der Waals surface area contributed by atoms with E-state index >= 15 is 0 Å². The molecule has 0 fully saturated rings. The highest BCUT2D eigenvalue weighted by Crippen LogP contribution is 2.23. The van der Waals surface area contributed by atoms with Crippen molar-refractivity contribution in [1.82, 2.24) is 4.98 Å². The minimum atomic E-state index is -0.406. The normalized spacial score (nSPS) is 11.8. The summed E-state index contributed by atoms with van der Waals surface area (Å²) in [7, 11) is 1.34. The fourth-order valence-corrected chi connectivity index (χ4v) is 1.72. The van der Waals surface area contributed by atoms with E-state index in [2.05, 4.69) is 9.72 Å². The molecule has 1 heterocycles. The van der Waals surface area contributed by atoms with E-state index in [1.54, 1.807) is 6.20 Å². The van der Waals surface area contributed by atoms with E-state index in [1.807, 2.05) is 48.5 Å². The zero-order chi connectivity index (χ0) is 13.5. The summed E-state index contributed by atoms with van der Waals surface area (Å²) < 4.78 is 10.2. The summed E-state index contributed by atoms with van der Waals surface area (Å²) in [6.07, 6.45) is 1.33. The molecule has 0 radical (unpaired) electrons. The van der Waals surface area contributed by atoms with Crippen LogP contribution >= 0.6 is 0 Å². The van der Waals surface area contributed by atoms with Crippen molar-refractivity contribution in [3.05, 3.63) is 66.0 Å². The highest BCUT2D eigenvalue weighted by molar-refractivity contribution is 5.70. The van der Waals surface area contributed by atoms with Crippen LogP contribution in [0.1, 0.15) is 17.4 Å². The van der Waals surface area contributed by atoms with Gasteiger partial charge in [-0.2, -0.15) is 0 Å². The van der Waals surface area contributed by atoms with Gasteiger partial charge in [-0.15, -0.1) is 0 Å². The van der Waals surface area contributed by atoms with Crippen LogP contribution in [0.5, 0.6) is 0 Å². The van der Waals surface area contributed by atoms with Crippen molar-refractivity contribution in [2.75, 3.05) is 13.7 Å². The van der Waals surface area contributed by atoms with Crippen LogP contribution in [0.2, 0.25) is 0 Å². The Morgan fingerprint density at radius 3 is 2.53 bits per heavy atom. The van der Waals surface area contributed by atoms with Crippen molar-refractivity contribution in [3.63, 3.8) is 0 Å². The zero-order valence-corrected chi connectivity index (χ0v) is 10.7. The summed E-state index contributed by atoms with van der Waals surface area (Å²) >= 11 is 0. The van der Waals surface area contributed by atoms with E-state index in [0.717, 1.165) is 11.3 Å². The number of carbonyl (C=O) groups excluding carboxylic acids is 1. The molecular weight excluding hydrogens is 242 g/mol.